The van der Waals surface area contributed by atoms with Gasteiger partial charge < -0.3 is 15.4 Å². The zero-order valence-corrected chi connectivity index (χ0v) is 17.6. The van der Waals surface area contributed by atoms with Crippen LogP contribution in [-0.4, -0.2) is 24.2 Å². The van der Waals surface area contributed by atoms with E-state index in [-0.39, 0.29) is 11.5 Å². The molecule has 4 nitrogen and oxygen atoms in total. The maximum absolute atomic E-state index is 11.8. The van der Waals surface area contributed by atoms with Gasteiger partial charge in [-0.1, -0.05) is 55.8 Å². The highest BCUT2D eigenvalue weighted by molar-refractivity contribution is 7.80. The number of ether oxygens (including phenoxy) is 1. The van der Waals surface area contributed by atoms with E-state index in [0.29, 0.717) is 21.4 Å². The van der Waals surface area contributed by atoms with Crippen LogP contribution in [0.4, 0.5) is 5.69 Å². The molecule has 0 saturated heterocycles. The fraction of sp³-hybridized carbons (Fsp3) is 0.333. The highest BCUT2D eigenvalue weighted by Gasteiger charge is 2.23. The summed E-state index contributed by atoms with van der Waals surface area (Å²) in [6, 6.07) is 15.6. The second-order valence-electron chi connectivity index (χ2n) is 7.14. The van der Waals surface area contributed by atoms with E-state index in [4.69, 9.17) is 28.6 Å². The van der Waals surface area contributed by atoms with Gasteiger partial charge in [-0.2, -0.15) is 0 Å². The molecule has 0 bridgehead atoms. The van der Waals surface area contributed by atoms with Crippen molar-refractivity contribution in [1.29, 1.82) is 0 Å². The van der Waals surface area contributed by atoms with E-state index < -0.39 is 5.97 Å². The molecular weight excluding hydrogens is 380 g/mol. The Hall–Kier alpha value is -2.11. The SMILES string of the molecule is COC(=O)c1cc(NC(=S)N[C@H](C)CC(C)(C)c2ccccc2)ccc1Cl. The van der Waals surface area contributed by atoms with Crippen molar-refractivity contribution in [2.24, 2.45) is 0 Å². The van der Waals surface area contributed by atoms with Crippen LogP contribution in [0.5, 0.6) is 0 Å². The summed E-state index contributed by atoms with van der Waals surface area (Å²) in [6.45, 7) is 6.54. The maximum atomic E-state index is 11.8. The van der Waals surface area contributed by atoms with Gasteiger partial charge in [-0.25, -0.2) is 4.79 Å². The van der Waals surface area contributed by atoms with Gasteiger partial charge in [-0.15, -0.1) is 0 Å². The van der Waals surface area contributed by atoms with Crippen molar-refractivity contribution in [1.82, 2.24) is 5.32 Å². The minimum Gasteiger partial charge on any atom is -0.465 e. The molecule has 1 atom stereocenters. The van der Waals surface area contributed by atoms with Crippen molar-refractivity contribution in [2.75, 3.05) is 12.4 Å². The highest BCUT2D eigenvalue weighted by Crippen LogP contribution is 2.28. The molecule has 2 rings (SSSR count). The van der Waals surface area contributed by atoms with Crippen molar-refractivity contribution in [3.05, 3.63) is 64.7 Å². The first-order valence-electron chi connectivity index (χ1n) is 8.74. The number of anilines is 1. The molecule has 2 N–H and O–H groups in total. The third kappa shape index (κ3) is 5.94. The van der Waals surface area contributed by atoms with Crippen LogP contribution in [0.25, 0.3) is 0 Å². The molecule has 2 aromatic carbocycles. The molecular formula is C21H25ClN2O2S. The lowest BCUT2D eigenvalue weighted by Crippen LogP contribution is -2.39. The second kappa shape index (κ2) is 9.20. The summed E-state index contributed by atoms with van der Waals surface area (Å²) in [5, 5.41) is 7.23. The minimum atomic E-state index is -0.486. The molecule has 0 saturated carbocycles. The van der Waals surface area contributed by atoms with Crippen LogP contribution in [0.2, 0.25) is 5.02 Å². The molecule has 0 aliphatic heterocycles. The first-order valence-corrected chi connectivity index (χ1v) is 9.52. The van der Waals surface area contributed by atoms with E-state index in [0.717, 1.165) is 6.42 Å². The normalized spacial score (nSPS) is 12.2. The van der Waals surface area contributed by atoms with Crippen LogP contribution in [0, 0.1) is 0 Å². The summed E-state index contributed by atoms with van der Waals surface area (Å²) in [4.78, 5) is 11.8. The number of methoxy groups -OCH3 is 1. The van der Waals surface area contributed by atoms with E-state index in [9.17, 15) is 4.79 Å². The van der Waals surface area contributed by atoms with Gasteiger partial charge in [0.15, 0.2) is 5.11 Å². The Morgan fingerprint density at radius 2 is 1.89 bits per heavy atom. The number of carbonyl (C=O) groups excluding carboxylic acids is 1. The third-order valence-corrected chi connectivity index (χ3v) is 4.93. The molecule has 0 fully saturated rings. The number of hydrogen-bond donors (Lipinski definition) is 2. The van der Waals surface area contributed by atoms with Crippen LogP contribution in [0.1, 0.15) is 43.1 Å². The van der Waals surface area contributed by atoms with Gasteiger partial charge in [-0.3, -0.25) is 0 Å². The number of thiocarbonyl (C=S) groups is 1. The quantitative estimate of drug-likeness (QED) is 0.513. The summed E-state index contributed by atoms with van der Waals surface area (Å²) in [5.74, 6) is -0.486. The summed E-state index contributed by atoms with van der Waals surface area (Å²) < 4.78 is 4.74. The molecule has 6 heteroatoms. The summed E-state index contributed by atoms with van der Waals surface area (Å²) >= 11 is 11.5. The Kier molecular flexibility index (Phi) is 7.22. The van der Waals surface area contributed by atoms with Gasteiger partial charge in [-0.05, 0) is 54.7 Å². The molecule has 0 heterocycles. The van der Waals surface area contributed by atoms with E-state index in [2.05, 4.69) is 55.7 Å². The summed E-state index contributed by atoms with van der Waals surface area (Å²) in [7, 11) is 1.32. The number of nitrogens with one attached hydrogen (secondary N) is 2. The van der Waals surface area contributed by atoms with Gasteiger partial charge >= 0.3 is 5.97 Å². The predicted octanol–water partition coefficient (Wildman–Crippen LogP) is 5.17. The predicted molar refractivity (Wildman–Crippen MR) is 116 cm³/mol. The average molecular weight is 405 g/mol. The largest absolute Gasteiger partial charge is 0.465 e. The number of esters is 1. The number of carbonyl (C=O) groups is 1. The molecule has 144 valence electrons. The Morgan fingerprint density at radius 3 is 2.52 bits per heavy atom. The zero-order chi connectivity index (χ0) is 20.0. The summed E-state index contributed by atoms with van der Waals surface area (Å²) in [5.41, 5.74) is 2.27. The van der Waals surface area contributed by atoms with Crippen molar-refractivity contribution in [3.8, 4) is 0 Å². The minimum absolute atomic E-state index is 0.0155. The fourth-order valence-corrected chi connectivity index (χ4v) is 3.60. The average Bonchev–Trinajstić information content (AvgIpc) is 2.62. The molecule has 0 radical (unpaired) electrons. The van der Waals surface area contributed by atoms with Gasteiger partial charge in [0.05, 0.1) is 17.7 Å². The Morgan fingerprint density at radius 1 is 1.22 bits per heavy atom. The molecule has 2 aromatic rings. The molecule has 0 amide bonds. The standard InChI is InChI=1S/C21H25ClN2O2S/c1-14(13-21(2,3)15-8-6-5-7-9-15)23-20(27)24-16-10-11-18(22)17(12-16)19(25)26-4/h5-12,14H,13H2,1-4H3,(H2,23,24,27)/t14-/m1/s1. The van der Waals surface area contributed by atoms with Crippen molar-refractivity contribution in [3.63, 3.8) is 0 Å². The van der Waals surface area contributed by atoms with E-state index in [1.54, 1.807) is 18.2 Å². The van der Waals surface area contributed by atoms with E-state index in [1.807, 2.05) is 6.07 Å². The number of hydrogen-bond acceptors (Lipinski definition) is 3. The number of benzene rings is 2. The van der Waals surface area contributed by atoms with Crippen molar-refractivity contribution < 1.29 is 9.53 Å². The van der Waals surface area contributed by atoms with Crippen LogP contribution in [0.15, 0.2) is 48.5 Å². The van der Waals surface area contributed by atoms with Crippen LogP contribution >= 0.6 is 23.8 Å². The lowest BCUT2D eigenvalue weighted by Gasteiger charge is -2.29. The van der Waals surface area contributed by atoms with E-state index in [1.165, 1.54) is 12.7 Å². The molecule has 0 aromatic heterocycles. The first-order chi connectivity index (χ1) is 12.7. The lowest BCUT2D eigenvalue weighted by atomic mass is 9.79. The van der Waals surface area contributed by atoms with Gasteiger partial charge in [0.2, 0.25) is 0 Å². The molecule has 0 unspecified atom stereocenters. The molecule has 0 aliphatic rings. The Labute approximate surface area is 171 Å². The lowest BCUT2D eigenvalue weighted by molar-refractivity contribution is 0.0601. The summed E-state index contributed by atoms with van der Waals surface area (Å²) in [6.07, 6.45) is 0.910. The van der Waals surface area contributed by atoms with Crippen molar-refractivity contribution in [2.45, 2.75) is 38.6 Å². The monoisotopic (exact) mass is 404 g/mol. The van der Waals surface area contributed by atoms with Crippen LogP contribution < -0.4 is 10.6 Å². The van der Waals surface area contributed by atoms with Crippen molar-refractivity contribution >= 4 is 40.6 Å². The topological polar surface area (TPSA) is 50.4 Å². The highest BCUT2D eigenvalue weighted by atomic mass is 35.5. The number of halogens is 1. The smallest absolute Gasteiger partial charge is 0.339 e. The zero-order valence-electron chi connectivity index (χ0n) is 16.0. The van der Waals surface area contributed by atoms with Gasteiger partial charge in [0.1, 0.15) is 0 Å². The first kappa shape index (κ1) is 21.2. The third-order valence-electron chi connectivity index (χ3n) is 4.38. The van der Waals surface area contributed by atoms with Crippen LogP contribution in [-0.2, 0) is 10.2 Å². The Balaban J connectivity index is 1.98. The van der Waals surface area contributed by atoms with Crippen LogP contribution in [0.3, 0.4) is 0 Å². The maximum Gasteiger partial charge on any atom is 0.339 e. The van der Waals surface area contributed by atoms with Gasteiger partial charge in [0.25, 0.3) is 0 Å². The van der Waals surface area contributed by atoms with Gasteiger partial charge in [0, 0.05) is 11.7 Å². The Bertz CT molecular complexity index is 809. The molecule has 27 heavy (non-hydrogen) atoms. The number of rotatable bonds is 6. The molecule has 0 spiro atoms. The fourth-order valence-electron chi connectivity index (χ4n) is 3.08. The van der Waals surface area contributed by atoms with E-state index >= 15 is 0 Å². The second-order valence-corrected chi connectivity index (χ2v) is 7.96. The molecule has 0 aliphatic carbocycles.